The predicted octanol–water partition coefficient (Wildman–Crippen LogP) is 6.48. The minimum absolute atomic E-state index is 0.0685. The van der Waals surface area contributed by atoms with Crippen molar-refractivity contribution in [2.24, 2.45) is 5.41 Å². The SMILES string of the molecule is CC(C)(C(=O)Nc1nccs1)C(c1ccccc1)c1ccc2c(-c3ccccc3)n[nH]c2c1. The molecule has 0 aliphatic heterocycles. The van der Waals surface area contributed by atoms with Crippen LogP contribution in [-0.4, -0.2) is 21.1 Å². The Balaban J connectivity index is 1.58. The molecule has 6 heteroatoms. The topological polar surface area (TPSA) is 70.7 Å². The fraction of sp³-hybridized carbons (Fsp3) is 0.148. The van der Waals surface area contributed by atoms with Crippen LogP contribution in [0.25, 0.3) is 22.2 Å². The Bertz CT molecular complexity index is 1380. The standard InChI is InChI=1S/C27H24N4OS/c1-27(2,25(32)29-26-28-15-16-33-26)23(18-9-5-3-6-10-18)20-13-14-21-22(17-20)30-31-24(21)19-11-7-4-8-12-19/h3-17,23H,1-2H3,(H,30,31)(H,28,29,32). The van der Waals surface area contributed by atoms with E-state index in [4.69, 9.17) is 0 Å². The van der Waals surface area contributed by atoms with Crippen molar-refractivity contribution >= 4 is 33.3 Å². The number of amides is 1. The van der Waals surface area contributed by atoms with Crippen LogP contribution in [0.2, 0.25) is 0 Å². The van der Waals surface area contributed by atoms with E-state index in [0.717, 1.165) is 33.3 Å². The van der Waals surface area contributed by atoms with Crippen LogP contribution in [0.4, 0.5) is 5.13 Å². The van der Waals surface area contributed by atoms with E-state index in [2.05, 4.69) is 63.0 Å². The number of nitrogens with one attached hydrogen (secondary N) is 2. The summed E-state index contributed by atoms with van der Waals surface area (Å²) >= 11 is 1.42. The second-order valence-corrected chi connectivity index (χ2v) is 9.49. The highest BCUT2D eigenvalue weighted by atomic mass is 32.1. The lowest BCUT2D eigenvalue weighted by Gasteiger charge is -2.33. The third kappa shape index (κ3) is 4.05. The molecule has 5 nitrogen and oxygen atoms in total. The van der Waals surface area contributed by atoms with Crippen molar-refractivity contribution in [1.82, 2.24) is 15.2 Å². The lowest BCUT2D eigenvalue weighted by Crippen LogP contribution is -2.37. The Morgan fingerprint density at radius 3 is 2.39 bits per heavy atom. The average molecular weight is 453 g/mol. The summed E-state index contributed by atoms with van der Waals surface area (Å²) in [5.41, 5.74) is 4.34. The third-order valence-corrected chi connectivity index (χ3v) is 6.75. The minimum atomic E-state index is -0.733. The molecule has 1 amide bonds. The Labute approximate surface area is 196 Å². The van der Waals surface area contributed by atoms with Crippen LogP contribution in [-0.2, 0) is 4.79 Å². The zero-order chi connectivity index (χ0) is 22.8. The Hall–Kier alpha value is -3.77. The number of H-pyrrole nitrogens is 1. The van der Waals surface area contributed by atoms with Gasteiger partial charge in [0.1, 0.15) is 0 Å². The van der Waals surface area contributed by atoms with Gasteiger partial charge in [-0.05, 0) is 17.2 Å². The number of benzene rings is 3. The quantitative estimate of drug-likeness (QED) is 0.310. The van der Waals surface area contributed by atoms with Crippen molar-refractivity contribution < 1.29 is 4.79 Å². The van der Waals surface area contributed by atoms with Gasteiger partial charge in [-0.2, -0.15) is 5.10 Å². The van der Waals surface area contributed by atoms with E-state index in [9.17, 15) is 4.79 Å². The van der Waals surface area contributed by atoms with Gasteiger partial charge >= 0.3 is 0 Å². The van der Waals surface area contributed by atoms with Gasteiger partial charge in [-0.1, -0.05) is 86.6 Å². The first kappa shape index (κ1) is 21.1. The summed E-state index contributed by atoms with van der Waals surface area (Å²) in [6.07, 6.45) is 1.69. The molecule has 33 heavy (non-hydrogen) atoms. The number of aromatic nitrogens is 3. The molecule has 5 aromatic rings. The van der Waals surface area contributed by atoms with E-state index >= 15 is 0 Å². The highest BCUT2D eigenvalue weighted by Crippen LogP contribution is 2.43. The predicted molar refractivity (Wildman–Crippen MR) is 134 cm³/mol. The van der Waals surface area contributed by atoms with Gasteiger partial charge in [0, 0.05) is 28.4 Å². The Kier molecular flexibility index (Phi) is 5.52. The van der Waals surface area contributed by atoms with Crippen molar-refractivity contribution in [3.63, 3.8) is 0 Å². The number of fused-ring (bicyclic) bond motifs is 1. The molecule has 0 saturated heterocycles. The zero-order valence-corrected chi connectivity index (χ0v) is 19.3. The van der Waals surface area contributed by atoms with E-state index in [-0.39, 0.29) is 11.8 Å². The van der Waals surface area contributed by atoms with Crippen LogP contribution in [0.1, 0.15) is 30.9 Å². The van der Waals surface area contributed by atoms with Crippen LogP contribution in [0.3, 0.4) is 0 Å². The first-order valence-electron chi connectivity index (χ1n) is 10.8. The molecular formula is C27H24N4OS. The number of hydrogen-bond acceptors (Lipinski definition) is 4. The molecule has 0 aliphatic rings. The van der Waals surface area contributed by atoms with Gasteiger partial charge in [-0.15, -0.1) is 11.3 Å². The number of thiazole rings is 1. The number of carbonyl (C=O) groups excluding carboxylic acids is 1. The lowest BCUT2D eigenvalue weighted by atomic mass is 9.70. The van der Waals surface area contributed by atoms with Crippen LogP contribution < -0.4 is 5.32 Å². The molecule has 0 radical (unpaired) electrons. The maximum absolute atomic E-state index is 13.4. The lowest BCUT2D eigenvalue weighted by molar-refractivity contribution is -0.124. The van der Waals surface area contributed by atoms with Crippen molar-refractivity contribution in [1.29, 1.82) is 0 Å². The molecular weight excluding hydrogens is 428 g/mol. The van der Waals surface area contributed by atoms with Crippen LogP contribution in [0, 0.1) is 5.41 Å². The number of anilines is 1. The van der Waals surface area contributed by atoms with Gasteiger partial charge in [-0.3, -0.25) is 9.89 Å². The number of carbonyl (C=O) groups is 1. The second kappa shape index (κ2) is 8.64. The summed E-state index contributed by atoms with van der Waals surface area (Å²) < 4.78 is 0. The van der Waals surface area contributed by atoms with Gasteiger partial charge in [-0.25, -0.2) is 4.98 Å². The molecule has 5 rings (SSSR count). The minimum Gasteiger partial charge on any atom is -0.301 e. The van der Waals surface area contributed by atoms with E-state index in [0.29, 0.717) is 5.13 Å². The molecule has 0 saturated carbocycles. The summed E-state index contributed by atoms with van der Waals surface area (Å²) in [7, 11) is 0. The van der Waals surface area contributed by atoms with Crippen molar-refractivity contribution in [2.75, 3.05) is 5.32 Å². The summed E-state index contributed by atoms with van der Waals surface area (Å²) in [5.74, 6) is -0.229. The van der Waals surface area contributed by atoms with E-state index in [1.165, 1.54) is 11.3 Å². The molecule has 2 N–H and O–H groups in total. The Morgan fingerprint density at radius 1 is 0.970 bits per heavy atom. The zero-order valence-electron chi connectivity index (χ0n) is 18.4. The van der Waals surface area contributed by atoms with Gasteiger partial charge < -0.3 is 5.32 Å². The smallest absolute Gasteiger partial charge is 0.232 e. The fourth-order valence-corrected chi connectivity index (χ4v) is 4.90. The molecule has 1 unspecified atom stereocenters. The van der Waals surface area contributed by atoms with Crippen molar-refractivity contribution in [3.8, 4) is 11.3 Å². The van der Waals surface area contributed by atoms with Crippen molar-refractivity contribution in [2.45, 2.75) is 19.8 Å². The number of nitrogens with zero attached hydrogens (tertiary/aromatic N) is 2. The molecule has 164 valence electrons. The average Bonchev–Trinajstić information content (AvgIpc) is 3.50. The van der Waals surface area contributed by atoms with E-state index in [1.807, 2.05) is 55.6 Å². The van der Waals surface area contributed by atoms with Crippen LogP contribution >= 0.6 is 11.3 Å². The largest absolute Gasteiger partial charge is 0.301 e. The second-order valence-electron chi connectivity index (χ2n) is 8.60. The maximum atomic E-state index is 13.4. The molecule has 0 spiro atoms. The number of rotatable bonds is 6. The van der Waals surface area contributed by atoms with Gasteiger partial charge in [0.25, 0.3) is 0 Å². The Morgan fingerprint density at radius 2 is 1.70 bits per heavy atom. The van der Waals surface area contributed by atoms with E-state index < -0.39 is 5.41 Å². The molecule has 1 atom stereocenters. The van der Waals surface area contributed by atoms with Crippen molar-refractivity contribution in [3.05, 3.63) is 102 Å². The molecule has 2 aromatic heterocycles. The molecule has 2 heterocycles. The van der Waals surface area contributed by atoms with Gasteiger partial charge in [0.15, 0.2) is 5.13 Å². The molecule has 0 bridgehead atoms. The maximum Gasteiger partial charge on any atom is 0.232 e. The normalized spacial score (nSPS) is 12.5. The molecule has 0 aliphatic carbocycles. The van der Waals surface area contributed by atoms with Gasteiger partial charge in [0.2, 0.25) is 5.91 Å². The first-order chi connectivity index (χ1) is 16.0. The first-order valence-corrected chi connectivity index (χ1v) is 11.7. The highest BCUT2D eigenvalue weighted by Gasteiger charge is 2.39. The summed E-state index contributed by atoms with van der Waals surface area (Å²) in [5, 5.41) is 14.3. The van der Waals surface area contributed by atoms with Gasteiger partial charge in [0.05, 0.1) is 16.6 Å². The number of aromatic amines is 1. The highest BCUT2D eigenvalue weighted by molar-refractivity contribution is 7.13. The van der Waals surface area contributed by atoms with Crippen LogP contribution in [0.15, 0.2) is 90.4 Å². The fourth-order valence-electron chi connectivity index (χ4n) is 4.38. The summed E-state index contributed by atoms with van der Waals surface area (Å²) in [4.78, 5) is 17.6. The van der Waals surface area contributed by atoms with Crippen LogP contribution in [0.5, 0.6) is 0 Å². The third-order valence-electron chi connectivity index (χ3n) is 6.06. The summed E-state index contributed by atoms with van der Waals surface area (Å²) in [6.45, 7) is 3.97. The summed E-state index contributed by atoms with van der Waals surface area (Å²) in [6, 6.07) is 26.6. The molecule has 3 aromatic carbocycles. The van der Waals surface area contributed by atoms with E-state index in [1.54, 1.807) is 6.20 Å². The molecule has 0 fully saturated rings. The number of hydrogen-bond donors (Lipinski definition) is 2. The monoisotopic (exact) mass is 452 g/mol.